The molecule has 7 nitrogen and oxygen atoms in total. The highest BCUT2D eigenvalue weighted by Crippen LogP contribution is 2.28. The molecule has 0 saturated heterocycles. The number of nitrogens with zero attached hydrogens (tertiary/aromatic N) is 1. The maximum Gasteiger partial charge on any atom is 0.258 e. The number of ketones is 1. The van der Waals surface area contributed by atoms with Crippen LogP contribution in [0.3, 0.4) is 0 Å². The van der Waals surface area contributed by atoms with Gasteiger partial charge in [0.1, 0.15) is 17.4 Å². The SMILES string of the molecule is CC(=O)c1c(C)oc(NC(=O)c2ccc3c(c2)CC(=O)N3)c1C#N. The minimum Gasteiger partial charge on any atom is -0.443 e. The summed E-state index contributed by atoms with van der Waals surface area (Å²) in [5.74, 6) is -0.701. The molecule has 7 heteroatoms. The first-order valence-electron chi connectivity index (χ1n) is 7.19. The van der Waals surface area contributed by atoms with E-state index in [1.807, 2.05) is 6.07 Å². The predicted octanol–water partition coefficient (Wildman–Crippen LogP) is 2.41. The topological polar surface area (TPSA) is 112 Å². The second-order valence-electron chi connectivity index (χ2n) is 5.46. The molecule has 0 bridgehead atoms. The van der Waals surface area contributed by atoms with Crippen molar-refractivity contribution in [3.63, 3.8) is 0 Å². The number of carbonyl (C=O) groups is 3. The Labute approximate surface area is 137 Å². The standard InChI is InChI=1S/C17H13N3O4/c1-8(21)15-9(2)24-17(12(15)7-18)20-16(23)10-3-4-13-11(5-10)6-14(22)19-13/h3-5H,6H2,1-2H3,(H,19,22)(H,20,23). The monoisotopic (exact) mass is 323 g/mol. The molecule has 0 atom stereocenters. The van der Waals surface area contributed by atoms with Crippen molar-refractivity contribution >= 4 is 29.2 Å². The number of amides is 2. The van der Waals surface area contributed by atoms with Gasteiger partial charge in [0, 0.05) is 11.3 Å². The zero-order valence-corrected chi connectivity index (χ0v) is 13.0. The van der Waals surface area contributed by atoms with Crippen molar-refractivity contribution in [1.82, 2.24) is 0 Å². The van der Waals surface area contributed by atoms with Crippen molar-refractivity contribution in [3.05, 3.63) is 46.2 Å². The molecule has 1 aliphatic heterocycles. The number of aryl methyl sites for hydroxylation is 1. The average Bonchev–Trinajstić information content (AvgIpc) is 3.04. The second-order valence-corrected chi connectivity index (χ2v) is 5.46. The summed E-state index contributed by atoms with van der Waals surface area (Å²) < 4.78 is 5.36. The number of fused-ring (bicyclic) bond motifs is 1. The van der Waals surface area contributed by atoms with Gasteiger partial charge in [0.15, 0.2) is 5.78 Å². The number of furan rings is 1. The van der Waals surface area contributed by atoms with E-state index in [9.17, 15) is 19.6 Å². The minimum atomic E-state index is -0.488. The maximum atomic E-state index is 12.4. The van der Waals surface area contributed by atoms with E-state index in [1.54, 1.807) is 25.1 Å². The van der Waals surface area contributed by atoms with E-state index in [4.69, 9.17) is 4.42 Å². The van der Waals surface area contributed by atoms with Crippen molar-refractivity contribution in [2.45, 2.75) is 20.3 Å². The van der Waals surface area contributed by atoms with Crippen LogP contribution in [0.15, 0.2) is 22.6 Å². The van der Waals surface area contributed by atoms with Crippen LogP contribution < -0.4 is 10.6 Å². The molecule has 0 unspecified atom stereocenters. The van der Waals surface area contributed by atoms with E-state index in [0.717, 1.165) is 5.56 Å². The Balaban J connectivity index is 1.90. The van der Waals surface area contributed by atoms with Crippen molar-refractivity contribution in [1.29, 1.82) is 5.26 Å². The Morgan fingerprint density at radius 3 is 2.79 bits per heavy atom. The normalized spacial score (nSPS) is 12.3. The summed E-state index contributed by atoms with van der Waals surface area (Å²) in [6.45, 7) is 2.88. The number of rotatable bonds is 3. The molecular formula is C17H13N3O4. The first-order valence-corrected chi connectivity index (χ1v) is 7.19. The largest absolute Gasteiger partial charge is 0.443 e. The predicted molar refractivity (Wildman–Crippen MR) is 84.9 cm³/mol. The molecule has 1 aromatic heterocycles. The maximum absolute atomic E-state index is 12.4. The van der Waals surface area contributed by atoms with Crippen molar-refractivity contribution in [2.75, 3.05) is 10.6 Å². The highest BCUT2D eigenvalue weighted by atomic mass is 16.4. The van der Waals surface area contributed by atoms with E-state index in [0.29, 0.717) is 11.3 Å². The van der Waals surface area contributed by atoms with Crippen molar-refractivity contribution < 1.29 is 18.8 Å². The zero-order valence-electron chi connectivity index (χ0n) is 13.0. The van der Waals surface area contributed by atoms with Crippen molar-refractivity contribution in [3.8, 4) is 6.07 Å². The molecule has 0 saturated carbocycles. The molecule has 1 aliphatic rings. The van der Waals surface area contributed by atoms with Crippen LogP contribution in [0.2, 0.25) is 0 Å². The first-order chi connectivity index (χ1) is 11.4. The summed E-state index contributed by atoms with van der Waals surface area (Å²) in [6.07, 6.45) is 0.217. The Kier molecular flexibility index (Phi) is 3.66. The molecule has 2 N–H and O–H groups in total. The van der Waals surface area contributed by atoms with Gasteiger partial charge in [-0.1, -0.05) is 0 Å². The third kappa shape index (κ3) is 2.54. The van der Waals surface area contributed by atoms with Crippen LogP contribution in [0.25, 0.3) is 0 Å². The number of Topliss-reactive ketones (excluding diaryl/α,β-unsaturated/α-hetero) is 1. The lowest BCUT2D eigenvalue weighted by Gasteiger charge is -2.05. The molecule has 2 amide bonds. The fourth-order valence-corrected chi connectivity index (χ4v) is 2.71. The molecule has 0 radical (unpaired) electrons. The van der Waals surface area contributed by atoms with E-state index in [2.05, 4.69) is 10.6 Å². The molecule has 120 valence electrons. The molecule has 3 rings (SSSR count). The number of benzene rings is 1. The number of carbonyl (C=O) groups excluding carboxylic acids is 3. The lowest BCUT2D eigenvalue weighted by Crippen LogP contribution is -2.12. The van der Waals surface area contributed by atoms with Gasteiger partial charge < -0.3 is 9.73 Å². The minimum absolute atomic E-state index is 0.00588. The molecular weight excluding hydrogens is 310 g/mol. The van der Waals surface area contributed by atoms with Crippen LogP contribution in [0, 0.1) is 18.3 Å². The zero-order chi connectivity index (χ0) is 17.4. The third-order valence-corrected chi connectivity index (χ3v) is 3.77. The number of nitrogens with one attached hydrogen (secondary N) is 2. The highest BCUT2D eigenvalue weighted by molar-refractivity contribution is 6.07. The van der Waals surface area contributed by atoms with Crippen LogP contribution in [-0.4, -0.2) is 17.6 Å². The van der Waals surface area contributed by atoms with Gasteiger partial charge in [0.2, 0.25) is 11.8 Å². The van der Waals surface area contributed by atoms with Crippen LogP contribution in [-0.2, 0) is 11.2 Å². The number of hydrogen-bond donors (Lipinski definition) is 2. The Morgan fingerprint density at radius 2 is 2.12 bits per heavy atom. The van der Waals surface area contributed by atoms with Gasteiger partial charge >= 0.3 is 0 Å². The second kappa shape index (κ2) is 5.66. The summed E-state index contributed by atoms with van der Waals surface area (Å²) in [7, 11) is 0. The van der Waals surface area contributed by atoms with Crippen LogP contribution >= 0.6 is 0 Å². The van der Waals surface area contributed by atoms with Gasteiger partial charge in [-0.05, 0) is 37.6 Å². The van der Waals surface area contributed by atoms with Crippen LogP contribution in [0.5, 0.6) is 0 Å². The summed E-state index contributed by atoms with van der Waals surface area (Å²) >= 11 is 0. The molecule has 2 heterocycles. The number of hydrogen-bond acceptors (Lipinski definition) is 5. The fourth-order valence-electron chi connectivity index (χ4n) is 2.71. The molecule has 1 aromatic carbocycles. The number of anilines is 2. The molecule has 0 fully saturated rings. The Hall–Kier alpha value is -3.40. The number of nitriles is 1. The smallest absolute Gasteiger partial charge is 0.258 e. The van der Waals surface area contributed by atoms with Gasteiger partial charge in [-0.25, -0.2) is 0 Å². The summed E-state index contributed by atoms with van der Waals surface area (Å²) in [6, 6.07) is 6.70. The third-order valence-electron chi connectivity index (χ3n) is 3.77. The van der Waals surface area contributed by atoms with E-state index in [1.165, 1.54) is 6.92 Å². The van der Waals surface area contributed by atoms with Gasteiger partial charge in [-0.2, -0.15) is 5.26 Å². The van der Waals surface area contributed by atoms with E-state index in [-0.39, 0.29) is 40.9 Å². The van der Waals surface area contributed by atoms with Gasteiger partial charge in [0.05, 0.1) is 12.0 Å². The summed E-state index contributed by atoms with van der Waals surface area (Å²) in [5.41, 5.74) is 1.91. The summed E-state index contributed by atoms with van der Waals surface area (Å²) in [4.78, 5) is 35.4. The first kappa shape index (κ1) is 15.5. The van der Waals surface area contributed by atoms with Crippen LogP contribution in [0.4, 0.5) is 11.6 Å². The quantitative estimate of drug-likeness (QED) is 0.842. The van der Waals surface area contributed by atoms with Gasteiger partial charge in [0.25, 0.3) is 5.91 Å². The highest BCUT2D eigenvalue weighted by Gasteiger charge is 2.24. The Morgan fingerprint density at radius 1 is 1.38 bits per heavy atom. The lowest BCUT2D eigenvalue weighted by atomic mass is 10.1. The van der Waals surface area contributed by atoms with E-state index < -0.39 is 5.91 Å². The molecule has 0 spiro atoms. The lowest BCUT2D eigenvalue weighted by molar-refractivity contribution is -0.115. The van der Waals surface area contributed by atoms with Crippen LogP contribution in [0.1, 0.15) is 44.5 Å². The van der Waals surface area contributed by atoms with Gasteiger partial charge in [-0.3, -0.25) is 19.7 Å². The molecule has 0 aliphatic carbocycles. The molecule has 2 aromatic rings. The van der Waals surface area contributed by atoms with Gasteiger partial charge in [-0.15, -0.1) is 0 Å². The average molecular weight is 323 g/mol. The Bertz CT molecular complexity index is 934. The fraction of sp³-hybridized carbons (Fsp3) is 0.176. The van der Waals surface area contributed by atoms with Crippen molar-refractivity contribution in [2.24, 2.45) is 0 Å². The van der Waals surface area contributed by atoms with E-state index >= 15 is 0 Å². The molecule has 24 heavy (non-hydrogen) atoms. The summed E-state index contributed by atoms with van der Waals surface area (Å²) in [5, 5.41) is 14.4.